The first-order chi connectivity index (χ1) is 12.8. The van der Waals surface area contributed by atoms with Crippen molar-refractivity contribution in [3.8, 4) is 0 Å². The summed E-state index contributed by atoms with van der Waals surface area (Å²) in [5.41, 5.74) is 13.0. The number of hydrogen-bond donors (Lipinski definition) is 5. The quantitative estimate of drug-likeness (QED) is 0.106. The molecule has 1 amide bonds. The number of amides is 1. The van der Waals surface area contributed by atoms with E-state index in [9.17, 15) is 9.59 Å². The van der Waals surface area contributed by atoms with Gasteiger partial charge in [-0.05, 0) is 31.4 Å². The van der Waals surface area contributed by atoms with E-state index in [4.69, 9.17) is 23.2 Å². The molecule has 0 fully saturated rings. The fraction of sp³-hybridized carbons (Fsp3) is 0.353. The Balaban J connectivity index is 2.32. The molecule has 0 saturated carbocycles. The molecule has 1 heterocycles. The van der Waals surface area contributed by atoms with Crippen LogP contribution < -0.4 is 28.5 Å². The highest BCUT2D eigenvalue weighted by Crippen LogP contribution is 2.00. The Morgan fingerprint density at radius 1 is 1.15 bits per heavy atom. The average molecular weight is 376 g/mol. The van der Waals surface area contributed by atoms with Gasteiger partial charge in [0.05, 0.1) is 5.70 Å². The monoisotopic (exact) mass is 376 g/mol. The number of hydrazine groups is 2. The van der Waals surface area contributed by atoms with Crippen LogP contribution in [0.5, 0.6) is 0 Å². The molecule has 0 radical (unpaired) electrons. The molecule has 148 valence electrons. The zero-order valence-corrected chi connectivity index (χ0v) is 15.5. The number of hydrogen-bond acceptors (Lipinski definition) is 9. The molecule has 27 heavy (non-hydrogen) atoms. The number of unbranched alkanes of at least 4 members (excludes halogenated alkanes) is 1. The zero-order valence-electron chi connectivity index (χ0n) is 15.5. The molecule has 0 bridgehead atoms. The molecule has 10 heteroatoms. The summed E-state index contributed by atoms with van der Waals surface area (Å²) in [5, 5.41) is 5.39. The van der Waals surface area contributed by atoms with Crippen LogP contribution in [0, 0.1) is 6.92 Å². The topological polar surface area (TPSA) is 170 Å². The number of carbonyl (C=O) groups is 2. The number of carbonyl (C=O) groups excluding carboxylic acids is 2. The minimum Gasteiger partial charge on any atom is -0.395 e. The van der Waals surface area contributed by atoms with Gasteiger partial charge in [0.25, 0.3) is 5.91 Å². The van der Waals surface area contributed by atoms with Gasteiger partial charge in [0.1, 0.15) is 5.70 Å². The SMILES string of the molecule is Cc1ccc(CNC(=O)/C(N)=C/N(N)CCCCN(N)/C=C(\N)C=O)cn1. The number of nitrogens with zero attached hydrogens (tertiary/aromatic N) is 3. The summed E-state index contributed by atoms with van der Waals surface area (Å²) in [6.45, 7) is 3.21. The molecule has 1 rings (SSSR count). The maximum atomic E-state index is 12.0. The molecule has 10 nitrogen and oxygen atoms in total. The average Bonchev–Trinajstić information content (AvgIpc) is 2.64. The third-order valence-electron chi connectivity index (χ3n) is 3.53. The summed E-state index contributed by atoms with van der Waals surface area (Å²) in [6, 6.07) is 3.75. The Hall–Kier alpha value is -3.11. The first kappa shape index (κ1) is 21.9. The lowest BCUT2D eigenvalue weighted by molar-refractivity contribution is -0.117. The van der Waals surface area contributed by atoms with Gasteiger partial charge in [-0.25, -0.2) is 11.7 Å². The smallest absolute Gasteiger partial charge is 0.268 e. The number of aromatic nitrogens is 1. The van der Waals surface area contributed by atoms with Gasteiger partial charge in [0.15, 0.2) is 6.29 Å². The largest absolute Gasteiger partial charge is 0.395 e. The Labute approximate surface area is 158 Å². The molecule has 1 aromatic heterocycles. The number of allylic oxidation sites excluding steroid dienone is 1. The Kier molecular flexibility index (Phi) is 9.34. The standard InChI is InChI=1S/C17H28N8O2/c1-13-4-5-14(8-22-13)9-23-17(27)16(19)11-25(21)7-3-2-6-24(20)10-15(18)12-26/h4-5,8,10-12H,2-3,6-7,9,18-21H2,1H3,(H,23,27)/b15-10-,16-11-. The summed E-state index contributed by atoms with van der Waals surface area (Å²) < 4.78 is 0. The highest BCUT2D eigenvalue weighted by molar-refractivity contribution is 5.92. The summed E-state index contributed by atoms with van der Waals surface area (Å²) in [5.74, 6) is 11.1. The Morgan fingerprint density at radius 2 is 1.78 bits per heavy atom. The van der Waals surface area contributed by atoms with Crippen LogP contribution in [0.2, 0.25) is 0 Å². The lowest BCUT2D eigenvalue weighted by Gasteiger charge is -2.17. The van der Waals surface area contributed by atoms with Gasteiger partial charge < -0.3 is 26.8 Å². The number of aldehydes is 1. The zero-order chi connectivity index (χ0) is 20.2. The minimum absolute atomic E-state index is 0.0136. The molecule has 1 aromatic rings. The van der Waals surface area contributed by atoms with E-state index in [2.05, 4.69) is 10.3 Å². The number of rotatable bonds is 11. The van der Waals surface area contributed by atoms with Gasteiger partial charge in [0.2, 0.25) is 0 Å². The highest BCUT2D eigenvalue weighted by atomic mass is 16.2. The summed E-state index contributed by atoms with van der Waals surface area (Å²) >= 11 is 0. The molecule has 0 aromatic carbocycles. The predicted molar refractivity (Wildman–Crippen MR) is 102 cm³/mol. The van der Waals surface area contributed by atoms with Gasteiger partial charge in [0, 0.05) is 43.9 Å². The molecule has 0 aliphatic heterocycles. The normalized spacial score (nSPS) is 11.8. The molecule has 0 aliphatic carbocycles. The van der Waals surface area contributed by atoms with Crippen LogP contribution in [0.1, 0.15) is 24.1 Å². The molecule has 9 N–H and O–H groups in total. The summed E-state index contributed by atoms with van der Waals surface area (Å²) in [6.07, 6.45) is 6.39. The van der Waals surface area contributed by atoms with E-state index in [0.29, 0.717) is 38.8 Å². The molecule has 0 aliphatic rings. The predicted octanol–water partition coefficient (Wildman–Crippen LogP) is -1.06. The van der Waals surface area contributed by atoms with Crippen LogP contribution in [0.15, 0.2) is 42.1 Å². The number of nitrogens with two attached hydrogens (primary N) is 4. The van der Waals surface area contributed by atoms with Gasteiger partial charge in [-0.3, -0.25) is 14.6 Å². The van der Waals surface area contributed by atoms with Crippen LogP contribution >= 0.6 is 0 Å². The van der Waals surface area contributed by atoms with Crippen molar-refractivity contribution in [3.63, 3.8) is 0 Å². The van der Waals surface area contributed by atoms with E-state index in [-0.39, 0.29) is 11.4 Å². The van der Waals surface area contributed by atoms with Crippen LogP contribution in [-0.2, 0) is 16.1 Å². The Morgan fingerprint density at radius 3 is 2.33 bits per heavy atom. The van der Waals surface area contributed by atoms with E-state index < -0.39 is 5.91 Å². The fourth-order valence-electron chi connectivity index (χ4n) is 2.06. The lowest BCUT2D eigenvalue weighted by atomic mass is 10.2. The molecule has 0 unspecified atom stereocenters. The van der Waals surface area contributed by atoms with Crippen LogP contribution in [0.25, 0.3) is 0 Å². The summed E-state index contributed by atoms with van der Waals surface area (Å²) in [4.78, 5) is 26.6. The van der Waals surface area contributed by atoms with Gasteiger partial charge in [-0.2, -0.15) is 0 Å². The van der Waals surface area contributed by atoms with Gasteiger partial charge in [-0.15, -0.1) is 0 Å². The third kappa shape index (κ3) is 9.23. The number of pyridine rings is 1. The van der Waals surface area contributed by atoms with Crippen molar-refractivity contribution in [1.29, 1.82) is 0 Å². The van der Waals surface area contributed by atoms with Crippen molar-refractivity contribution in [1.82, 2.24) is 20.3 Å². The van der Waals surface area contributed by atoms with E-state index in [0.717, 1.165) is 11.3 Å². The van der Waals surface area contributed by atoms with Crippen molar-refractivity contribution >= 4 is 12.2 Å². The first-order valence-corrected chi connectivity index (χ1v) is 8.44. The van der Waals surface area contributed by atoms with E-state index in [1.807, 2.05) is 19.1 Å². The van der Waals surface area contributed by atoms with Gasteiger partial charge in [-0.1, -0.05) is 6.07 Å². The second-order valence-corrected chi connectivity index (χ2v) is 6.00. The molecular formula is C17H28N8O2. The maximum absolute atomic E-state index is 12.0. The first-order valence-electron chi connectivity index (χ1n) is 8.44. The summed E-state index contributed by atoms with van der Waals surface area (Å²) in [7, 11) is 0. The minimum atomic E-state index is -0.409. The van der Waals surface area contributed by atoms with Crippen molar-refractivity contribution in [2.75, 3.05) is 13.1 Å². The molecule has 0 atom stereocenters. The van der Waals surface area contributed by atoms with Crippen LogP contribution in [0.4, 0.5) is 0 Å². The van der Waals surface area contributed by atoms with Crippen molar-refractivity contribution in [2.24, 2.45) is 23.2 Å². The second-order valence-electron chi connectivity index (χ2n) is 6.00. The maximum Gasteiger partial charge on any atom is 0.268 e. The lowest BCUT2D eigenvalue weighted by Crippen LogP contribution is -2.33. The van der Waals surface area contributed by atoms with Crippen LogP contribution in [-0.4, -0.2) is 40.3 Å². The molecule has 0 saturated heterocycles. The van der Waals surface area contributed by atoms with Crippen LogP contribution in [0.3, 0.4) is 0 Å². The van der Waals surface area contributed by atoms with E-state index in [1.165, 1.54) is 22.4 Å². The van der Waals surface area contributed by atoms with Crippen molar-refractivity contribution < 1.29 is 9.59 Å². The second kappa shape index (κ2) is 11.5. The fourth-order valence-corrected chi connectivity index (χ4v) is 2.06. The van der Waals surface area contributed by atoms with Gasteiger partial charge >= 0.3 is 0 Å². The van der Waals surface area contributed by atoms with Crippen molar-refractivity contribution in [3.05, 3.63) is 53.4 Å². The molecular weight excluding hydrogens is 348 g/mol. The number of nitrogens with one attached hydrogen (secondary N) is 1. The Bertz CT molecular complexity index is 672. The third-order valence-corrected chi connectivity index (χ3v) is 3.53. The number of aryl methyl sites for hydroxylation is 1. The van der Waals surface area contributed by atoms with E-state index >= 15 is 0 Å². The molecule has 0 spiro atoms. The van der Waals surface area contributed by atoms with E-state index in [1.54, 1.807) is 6.20 Å². The highest BCUT2D eigenvalue weighted by Gasteiger charge is 2.07. The van der Waals surface area contributed by atoms with Crippen molar-refractivity contribution in [2.45, 2.75) is 26.3 Å².